The summed E-state index contributed by atoms with van der Waals surface area (Å²) in [6, 6.07) is 17.5. The van der Waals surface area contributed by atoms with E-state index in [-0.39, 0.29) is 25.1 Å². The van der Waals surface area contributed by atoms with Gasteiger partial charge in [-0.05, 0) is 50.6 Å². The molecule has 0 unspecified atom stereocenters. The van der Waals surface area contributed by atoms with Crippen molar-refractivity contribution in [2.24, 2.45) is 5.16 Å². The lowest BCUT2D eigenvalue weighted by Crippen LogP contribution is -2.08. The number of methoxy groups -OCH3 is 1. The van der Waals surface area contributed by atoms with Crippen LogP contribution in [0.5, 0.6) is 5.75 Å². The first-order valence-electron chi connectivity index (χ1n) is 13.2. The smallest absolute Gasteiger partial charge is 0.332 e. The van der Waals surface area contributed by atoms with Gasteiger partial charge in [-0.15, -0.1) is 0 Å². The quantitative estimate of drug-likeness (QED) is 0.0561. The number of ether oxygens (including phenoxy) is 1. The molecular formula is C29H32N3O8P. The van der Waals surface area contributed by atoms with Gasteiger partial charge in [0, 0.05) is 58.5 Å². The fourth-order valence-corrected chi connectivity index (χ4v) is 6.43. The molecule has 0 saturated carbocycles. The average Bonchev–Trinajstić information content (AvgIpc) is 3.25. The highest BCUT2D eigenvalue weighted by molar-refractivity contribution is 7.53. The molecule has 12 heteroatoms. The Hall–Kier alpha value is -4.05. The maximum atomic E-state index is 13.0. The molecule has 0 amide bonds. The van der Waals surface area contributed by atoms with Crippen molar-refractivity contribution in [1.29, 1.82) is 0 Å². The highest BCUT2D eigenvalue weighted by Crippen LogP contribution is 2.48. The normalized spacial score (nSPS) is 12.1. The molecular weight excluding hydrogens is 549 g/mol. The van der Waals surface area contributed by atoms with E-state index < -0.39 is 18.5 Å². The molecule has 0 atom stereocenters. The number of para-hydroxylation sites is 1. The van der Waals surface area contributed by atoms with Gasteiger partial charge in [0.1, 0.15) is 11.5 Å². The van der Waals surface area contributed by atoms with E-state index in [0.29, 0.717) is 40.9 Å². The number of aryl methyl sites for hydroxylation is 1. The number of nitrogens with zero attached hydrogens (tertiary/aromatic N) is 3. The molecule has 3 aromatic carbocycles. The second kappa shape index (κ2) is 13.1. The Kier molecular flexibility index (Phi) is 9.54. The van der Waals surface area contributed by atoms with Crippen molar-refractivity contribution < 1.29 is 32.9 Å². The maximum absolute atomic E-state index is 13.0. The molecule has 0 saturated heterocycles. The third-order valence-electron chi connectivity index (χ3n) is 6.43. The summed E-state index contributed by atoms with van der Waals surface area (Å²) >= 11 is 0. The molecule has 0 N–H and O–H groups in total. The number of aromatic nitrogens is 1. The number of benzene rings is 3. The van der Waals surface area contributed by atoms with Gasteiger partial charge in [0.05, 0.1) is 31.4 Å². The van der Waals surface area contributed by atoms with Crippen molar-refractivity contribution in [3.8, 4) is 5.75 Å². The van der Waals surface area contributed by atoms with Crippen LogP contribution in [0.1, 0.15) is 38.3 Å². The molecule has 0 fully saturated rings. The minimum absolute atomic E-state index is 0.0438. The van der Waals surface area contributed by atoms with E-state index in [9.17, 15) is 19.5 Å². The number of hydrogen-bond donors (Lipinski definition) is 0. The van der Waals surface area contributed by atoms with E-state index in [1.54, 1.807) is 32.0 Å². The number of hydrogen-bond acceptors (Lipinski definition) is 9. The van der Waals surface area contributed by atoms with Gasteiger partial charge in [-0.1, -0.05) is 23.4 Å². The van der Waals surface area contributed by atoms with E-state index in [0.717, 1.165) is 16.4 Å². The Morgan fingerprint density at radius 1 is 1.00 bits per heavy atom. The van der Waals surface area contributed by atoms with Gasteiger partial charge < -0.3 is 23.2 Å². The SMILES string of the molecule is CCOP(=O)(CCCn1c2ccc(C(=NOC(C)=O)c3ccccc3OC)cc2c2cc([N+](=O)[O-])ccc21)OCC. The zero-order chi connectivity index (χ0) is 29.6. The molecule has 41 heavy (non-hydrogen) atoms. The zero-order valence-corrected chi connectivity index (χ0v) is 24.3. The van der Waals surface area contributed by atoms with Crippen molar-refractivity contribution in [3.05, 3.63) is 81.9 Å². The van der Waals surface area contributed by atoms with Crippen LogP contribution in [-0.2, 0) is 29.8 Å². The van der Waals surface area contributed by atoms with Gasteiger partial charge in [-0.2, -0.15) is 0 Å². The van der Waals surface area contributed by atoms with Gasteiger partial charge in [-0.25, -0.2) is 4.79 Å². The van der Waals surface area contributed by atoms with Crippen molar-refractivity contribution in [1.82, 2.24) is 4.57 Å². The first-order chi connectivity index (χ1) is 19.7. The first-order valence-corrected chi connectivity index (χ1v) is 14.9. The largest absolute Gasteiger partial charge is 0.496 e. The molecule has 0 aliphatic rings. The van der Waals surface area contributed by atoms with Crippen LogP contribution in [0.2, 0.25) is 0 Å². The summed E-state index contributed by atoms with van der Waals surface area (Å²) in [5.74, 6) is -0.0494. The predicted octanol–water partition coefficient (Wildman–Crippen LogP) is 6.68. The predicted molar refractivity (Wildman–Crippen MR) is 157 cm³/mol. The molecule has 0 radical (unpaired) electrons. The van der Waals surface area contributed by atoms with Crippen LogP contribution in [0.15, 0.2) is 65.8 Å². The number of oxime groups is 1. The Labute approximate surface area is 237 Å². The average molecular weight is 582 g/mol. The number of nitro benzene ring substituents is 1. The molecule has 0 aliphatic carbocycles. The molecule has 1 heterocycles. The minimum Gasteiger partial charge on any atom is -0.496 e. The Morgan fingerprint density at radius 2 is 1.66 bits per heavy atom. The van der Waals surface area contributed by atoms with E-state index in [1.165, 1.54) is 26.2 Å². The number of fused-ring (bicyclic) bond motifs is 3. The maximum Gasteiger partial charge on any atom is 0.332 e. The molecule has 216 valence electrons. The fourth-order valence-electron chi connectivity index (χ4n) is 4.78. The van der Waals surface area contributed by atoms with Crippen LogP contribution in [-0.4, -0.2) is 47.7 Å². The molecule has 0 aliphatic heterocycles. The third-order valence-corrected chi connectivity index (χ3v) is 8.59. The number of nitro groups is 1. The van der Waals surface area contributed by atoms with E-state index >= 15 is 0 Å². The molecule has 0 bridgehead atoms. The van der Waals surface area contributed by atoms with Crippen molar-refractivity contribution in [3.63, 3.8) is 0 Å². The second-order valence-electron chi connectivity index (χ2n) is 9.09. The molecule has 11 nitrogen and oxygen atoms in total. The van der Waals surface area contributed by atoms with E-state index in [4.69, 9.17) is 18.6 Å². The van der Waals surface area contributed by atoms with Crippen LogP contribution < -0.4 is 4.74 Å². The lowest BCUT2D eigenvalue weighted by molar-refractivity contribution is -0.384. The summed E-state index contributed by atoms with van der Waals surface area (Å²) in [4.78, 5) is 27.9. The van der Waals surface area contributed by atoms with Gasteiger partial charge in [0.25, 0.3) is 5.69 Å². The summed E-state index contributed by atoms with van der Waals surface area (Å²) in [7, 11) is -1.69. The molecule has 4 aromatic rings. The molecule has 0 spiro atoms. The van der Waals surface area contributed by atoms with Crippen LogP contribution >= 0.6 is 7.60 Å². The van der Waals surface area contributed by atoms with Crippen molar-refractivity contribution in [2.75, 3.05) is 26.5 Å². The Balaban J connectivity index is 1.85. The summed E-state index contributed by atoms with van der Waals surface area (Å²) in [5.41, 5.74) is 3.14. The molecule has 4 rings (SSSR count). The van der Waals surface area contributed by atoms with Crippen LogP contribution in [0.4, 0.5) is 5.69 Å². The Bertz CT molecular complexity index is 1650. The number of carbonyl (C=O) groups excluding carboxylic acids is 1. The van der Waals surface area contributed by atoms with Crippen LogP contribution in [0, 0.1) is 10.1 Å². The van der Waals surface area contributed by atoms with Crippen molar-refractivity contribution >= 4 is 46.8 Å². The molecule has 1 aromatic heterocycles. The van der Waals surface area contributed by atoms with E-state index in [2.05, 4.69) is 5.16 Å². The highest BCUT2D eigenvalue weighted by Gasteiger charge is 2.24. The second-order valence-corrected chi connectivity index (χ2v) is 11.3. The highest BCUT2D eigenvalue weighted by atomic mass is 31.2. The monoisotopic (exact) mass is 581 g/mol. The van der Waals surface area contributed by atoms with Gasteiger partial charge in [-0.3, -0.25) is 14.7 Å². The standard InChI is InChI=1S/C29H32N3O8P/c1-5-38-41(36,39-6-2)17-9-16-31-26-14-12-21(18-24(26)25-19-22(32(34)35)13-15-27(25)31)29(30-40-20(3)33)23-10-7-8-11-28(23)37-4/h7-8,10-15,18-19H,5-6,9,16-17H2,1-4H3. The summed E-state index contributed by atoms with van der Waals surface area (Å²) in [6.45, 7) is 5.84. The zero-order valence-electron chi connectivity index (χ0n) is 23.4. The number of rotatable bonds is 13. The van der Waals surface area contributed by atoms with Crippen LogP contribution in [0.3, 0.4) is 0 Å². The van der Waals surface area contributed by atoms with Crippen LogP contribution in [0.25, 0.3) is 21.8 Å². The topological polar surface area (TPSA) is 131 Å². The first kappa shape index (κ1) is 29.9. The number of non-ortho nitro benzene ring substituents is 1. The fraction of sp³-hybridized carbons (Fsp3) is 0.310. The van der Waals surface area contributed by atoms with Crippen molar-refractivity contribution in [2.45, 2.75) is 33.7 Å². The van der Waals surface area contributed by atoms with Gasteiger partial charge in [0.15, 0.2) is 0 Å². The Morgan fingerprint density at radius 3 is 2.29 bits per heavy atom. The van der Waals surface area contributed by atoms with Gasteiger partial charge >= 0.3 is 13.6 Å². The minimum atomic E-state index is -3.23. The lowest BCUT2D eigenvalue weighted by Gasteiger charge is -2.17. The third kappa shape index (κ3) is 6.65. The summed E-state index contributed by atoms with van der Waals surface area (Å²) in [6.07, 6.45) is 0.725. The summed E-state index contributed by atoms with van der Waals surface area (Å²) in [5, 5.41) is 17.2. The lowest BCUT2D eigenvalue weighted by atomic mass is 9.99. The summed E-state index contributed by atoms with van der Waals surface area (Å²) < 4.78 is 31.4. The number of carbonyl (C=O) groups is 1. The van der Waals surface area contributed by atoms with E-state index in [1.807, 2.05) is 34.9 Å². The van der Waals surface area contributed by atoms with Gasteiger partial charge in [0.2, 0.25) is 0 Å².